The lowest BCUT2D eigenvalue weighted by molar-refractivity contribution is 0.0401. The van der Waals surface area contributed by atoms with Crippen LogP contribution in [0.3, 0.4) is 0 Å². The molecule has 0 amide bonds. The van der Waals surface area contributed by atoms with Crippen LogP contribution < -0.4 is 11.1 Å². The third-order valence-corrected chi connectivity index (χ3v) is 7.44. The summed E-state index contributed by atoms with van der Waals surface area (Å²) in [5, 5.41) is 33.7. The molecule has 3 saturated carbocycles. The third-order valence-electron chi connectivity index (χ3n) is 6.68. The lowest BCUT2D eigenvalue weighted by atomic mass is 9.81. The summed E-state index contributed by atoms with van der Waals surface area (Å²) in [6.07, 6.45) is 6.82. The van der Waals surface area contributed by atoms with Gasteiger partial charge >= 0.3 is 0 Å². The quantitative estimate of drug-likeness (QED) is 0.557. The molecule has 2 unspecified atom stereocenters. The van der Waals surface area contributed by atoms with E-state index in [9.17, 15) is 5.11 Å². The fraction of sp³-hybridized carbons (Fsp3) is 0.529. The maximum absolute atomic E-state index is 10.9. The zero-order valence-corrected chi connectivity index (χ0v) is 14.9. The van der Waals surface area contributed by atoms with Gasteiger partial charge in [-0.05, 0) is 50.0 Å². The maximum atomic E-state index is 10.9. The van der Waals surface area contributed by atoms with Crippen LogP contribution in [0.1, 0.15) is 32.1 Å². The van der Waals surface area contributed by atoms with E-state index in [1.54, 1.807) is 0 Å². The van der Waals surface area contributed by atoms with Gasteiger partial charge in [-0.2, -0.15) is 0 Å². The van der Waals surface area contributed by atoms with Crippen molar-refractivity contribution in [3.05, 3.63) is 12.3 Å². The average Bonchev–Trinajstić information content (AvgIpc) is 3.35. The van der Waals surface area contributed by atoms with Gasteiger partial charge in [0.05, 0.1) is 11.3 Å². The lowest BCUT2D eigenvalue weighted by Crippen LogP contribution is -2.43. The number of hydrogen-bond acceptors (Lipinski definition) is 8. The molecule has 3 aliphatic rings. The molecule has 0 saturated heterocycles. The van der Waals surface area contributed by atoms with Crippen molar-refractivity contribution in [2.45, 2.75) is 43.2 Å². The second kappa shape index (κ2) is 4.72. The van der Waals surface area contributed by atoms with E-state index in [1.165, 1.54) is 24.2 Å². The highest BCUT2D eigenvalue weighted by atomic mass is 32.1. The van der Waals surface area contributed by atoms with Crippen molar-refractivity contribution in [3.8, 4) is 10.7 Å². The molecule has 0 aliphatic heterocycles. The number of aromatic amines is 1. The van der Waals surface area contributed by atoms with Gasteiger partial charge in [0.2, 0.25) is 5.13 Å². The van der Waals surface area contributed by atoms with Gasteiger partial charge in [0.25, 0.3) is 0 Å². The Bertz CT molecular complexity index is 1010. The van der Waals surface area contributed by atoms with Gasteiger partial charge in [-0.25, -0.2) is 0 Å². The molecule has 3 aromatic rings. The number of hydrogen-bond donors (Lipinski definition) is 4. The first-order valence-electron chi connectivity index (χ1n) is 9.00. The Hall–Kier alpha value is -2.26. The Morgan fingerprint density at radius 3 is 2.73 bits per heavy atom. The van der Waals surface area contributed by atoms with Crippen LogP contribution in [0.15, 0.2) is 12.3 Å². The first kappa shape index (κ1) is 14.9. The fourth-order valence-electron chi connectivity index (χ4n) is 5.81. The van der Waals surface area contributed by atoms with Crippen LogP contribution in [0.5, 0.6) is 0 Å². The van der Waals surface area contributed by atoms with Gasteiger partial charge in [-0.3, -0.25) is 0 Å². The molecule has 3 aromatic heterocycles. The first-order valence-corrected chi connectivity index (χ1v) is 9.82. The van der Waals surface area contributed by atoms with Gasteiger partial charge in [-0.1, -0.05) is 11.3 Å². The van der Waals surface area contributed by atoms with E-state index in [0.29, 0.717) is 27.7 Å². The standard InChI is InChI=1S/C17H19N7OS/c18-15-24-23-14(26-15)12-11(10-3-4-19-13(10)22-21-12)20-17-7-16(25)5-8(17)1-2-9(17)6-16/h3-4,8-9,25H,1-2,5-7H2,(H2,18,24)(H2,19,20,22)/t8-,9+,16?,17?. The summed E-state index contributed by atoms with van der Waals surface area (Å²) in [7, 11) is 0. The van der Waals surface area contributed by atoms with Crippen molar-refractivity contribution in [1.82, 2.24) is 25.4 Å². The molecule has 9 heteroatoms. The summed E-state index contributed by atoms with van der Waals surface area (Å²) < 4.78 is 0. The number of nitrogens with zero attached hydrogens (tertiary/aromatic N) is 4. The zero-order chi connectivity index (χ0) is 17.5. The summed E-state index contributed by atoms with van der Waals surface area (Å²) in [5.41, 5.74) is 7.57. The fourth-order valence-corrected chi connectivity index (χ4v) is 6.41. The van der Waals surface area contributed by atoms with Crippen LogP contribution in [0.25, 0.3) is 21.7 Å². The number of nitrogens with one attached hydrogen (secondary N) is 2. The molecule has 2 bridgehead atoms. The average molecular weight is 369 g/mol. The number of aromatic nitrogens is 5. The third kappa shape index (κ3) is 1.82. The molecule has 3 heterocycles. The Morgan fingerprint density at radius 1 is 1.19 bits per heavy atom. The highest BCUT2D eigenvalue weighted by molar-refractivity contribution is 7.18. The molecule has 6 rings (SSSR count). The van der Waals surface area contributed by atoms with Crippen LogP contribution in [0, 0.1) is 11.8 Å². The minimum absolute atomic E-state index is 0.0625. The predicted octanol–water partition coefficient (Wildman–Crippen LogP) is 2.16. The Balaban J connectivity index is 1.53. The van der Waals surface area contributed by atoms with Crippen molar-refractivity contribution in [2.24, 2.45) is 11.8 Å². The number of nitrogens with two attached hydrogens (primary N) is 1. The molecule has 5 N–H and O–H groups in total. The Labute approximate surface area is 153 Å². The van der Waals surface area contributed by atoms with E-state index < -0.39 is 5.60 Å². The van der Waals surface area contributed by atoms with E-state index in [2.05, 4.69) is 30.7 Å². The van der Waals surface area contributed by atoms with Gasteiger partial charge < -0.3 is 21.1 Å². The summed E-state index contributed by atoms with van der Waals surface area (Å²) >= 11 is 1.31. The van der Waals surface area contributed by atoms with Crippen molar-refractivity contribution < 1.29 is 5.11 Å². The SMILES string of the molecule is Nc1nnc(-c2nnc3[nH]ccc3c2NC23CC4(O)C[C@H]2CC[C@H]3C4)s1. The number of fused-ring (bicyclic) bond motifs is 2. The second-order valence-electron chi connectivity index (χ2n) is 8.05. The van der Waals surface area contributed by atoms with Crippen molar-refractivity contribution in [3.63, 3.8) is 0 Å². The smallest absolute Gasteiger partial charge is 0.203 e. The number of H-pyrrole nitrogens is 1. The molecule has 0 spiro atoms. The van der Waals surface area contributed by atoms with E-state index >= 15 is 0 Å². The molecule has 26 heavy (non-hydrogen) atoms. The lowest BCUT2D eigenvalue weighted by Gasteiger charge is -2.36. The van der Waals surface area contributed by atoms with Gasteiger partial charge in [0.1, 0.15) is 5.69 Å². The molecule has 134 valence electrons. The Kier molecular flexibility index (Phi) is 2.70. The number of aliphatic hydroxyl groups is 1. The Morgan fingerprint density at radius 2 is 2.00 bits per heavy atom. The van der Waals surface area contributed by atoms with E-state index in [-0.39, 0.29) is 5.54 Å². The number of anilines is 2. The van der Waals surface area contributed by atoms with E-state index in [0.717, 1.165) is 36.0 Å². The van der Waals surface area contributed by atoms with Crippen molar-refractivity contribution in [1.29, 1.82) is 0 Å². The topological polar surface area (TPSA) is 126 Å². The number of nitrogen functional groups attached to an aromatic ring is 1. The molecule has 0 aromatic carbocycles. The van der Waals surface area contributed by atoms with Crippen LogP contribution in [-0.2, 0) is 0 Å². The molecular weight excluding hydrogens is 350 g/mol. The first-order chi connectivity index (χ1) is 12.6. The van der Waals surface area contributed by atoms with Gasteiger partial charge in [0.15, 0.2) is 10.7 Å². The summed E-state index contributed by atoms with van der Waals surface area (Å²) in [6.45, 7) is 0. The van der Waals surface area contributed by atoms with Crippen LogP contribution >= 0.6 is 11.3 Å². The monoisotopic (exact) mass is 369 g/mol. The normalized spacial score (nSPS) is 34.8. The summed E-state index contributed by atoms with van der Waals surface area (Å²) in [4.78, 5) is 3.13. The molecule has 0 radical (unpaired) electrons. The highest BCUT2D eigenvalue weighted by Crippen LogP contribution is 2.65. The minimum Gasteiger partial charge on any atom is -0.390 e. The highest BCUT2D eigenvalue weighted by Gasteiger charge is 2.67. The van der Waals surface area contributed by atoms with Crippen molar-refractivity contribution >= 4 is 33.2 Å². The second-order valence-corrected chi connectivity index (χ2v) is 9.06. The molecule has 8 nitrogen and oxygen atoms in total. The van der Waals surface area contributed by atoms with Crippen LogP contribution in [0.4, 0.5) is 10.8 Å². The summed E-state index contributed by atoms with van der Waals surface area (Å²) in [6, 6.07) is 2.01. The summed E-state index contributed by atoms with van der Waals surface area (Å²) in [5.74, 6) is 1.00. The maximum Gasteiger partial charge on any atom is 0.203 e. The molecule has 3 aliphatic carbocycles. The molecule has 3 fully saturated rings. The molecular formula is C17H19N7OS. The van der Waals surface area contributed by atoms with E-state index in [1.807, 2.05) is 12.3 Å². The molecule has 4 atom stereocenters. The van der Waals surface area contributed by atoms with Crippen LogP contribution in [0.2, 0.25) is 0 Å². The minimum atomic E-state index is -0.510. The van der Waals surface area contributed by atoms with Crippen molar-refractivity contribution in [2.75, 3.05) is 11.1 Å². The van der Waals surface area contributed by atoms with Crippen LogP contribution in [-0.4, -0.2) is 41.6 Å². The van der Waals surface area contributed by atoms with Gasteiger partial charge in [-0.15, -0.1) is 20.4 Å². The van der Waals surface area contributed by atoms with Gasteiger partial charge in [0, 0.05) is 17.1 Å². The number of rotatable bonds is 3. The predicted molar refractivity (Wildman–Crippen MR) is 98.6 cm³/mol. The zero-order valence-electron chi connectivity index (χ0n) is 14.1. The van der Waals surface area contributed by atoms with E-state index in [4.69, 9.17) is 5.73 Å². The largest absolute Gasteiger partial charge is 0.390 e.